The average molecular weight is 348 g/mol. The predicted octanol–water partition coefficient (Wildman–Crippen LogP) is 2.96. The average Bonchev–Trinajstić information content (AvgIpc) is 2.65. The Morgan fingerprint density at radius 3 is 2.31 bits per heavy atom. The minimum Gasteiger partial charge on any atom is -0.454 e. The van der Waals surface area contributed by atoms with Gasteiger partial charge in [0.15, 0.2) is 12.4 Å². The summed E-state index contributed by atoms with van der Waals surface area (Å²) >= 11 is 0. The van der Waals surface area contributed by atoms with Crippen LogP contribution in [0, 0.1) is 11.3 Å². The monoisotopic (exact) mass is 348 g/mol. The van der Waals surface area contributed by atoms with Gasteiger partial charge in [0.2, 0.25) is 5.91 Å². The molecule has 26 heavy (non-hydrogen) atoms. The Labute approximate surface area is 150 Å². The van der Waals surface area contributed by atoms with Crippen LogP contribution in [0.1, 0.15) is 28.4 Å². The van der Waals surface area contributed by atoms with Crippen LogP contribution in [0.4, 0.5) is 5.69 Å². The molecule has 0 atom stereocenters. The fourth-order valence-electron chi connectivity index (χ4n) is 2.04. The van der Waals surface area contributed by atoms with Gasteiger partial charge < -0.3 is 10.1 Å². The Hall–Kier alpha value is -3.72. The summed E-state index contributed by atoms with van der Waals surface area (Å²) in [5.41, 5.74) is 2.22. The molecule has 0 spiro atoms. The van der Waals surface area contributed by atoms with Crippen LogP contribution in [0.2, 0.25) is 0 Å². The maximum Gasteiger partial charge on any atom is 0.331 e. The fourth-order valence-corrected chi connectivity index (χ4v) is 2.04. The number of amides is 1. The summed E-state index contributed by atoms with van der Waals surface area (Å²) in [4.78, 5) is 34.6. The molecule has 1 N–H and O–H groups in total. The van der Waals surface area contributed by atoms with Crippen molar-refractivity contribution in [3.63, 3.8) is 0 Å². The largest absolute Gasteiger partial charge is 0.454 e. The van der Waals surface area contributed by atoms with Gasteiger partial charge in [-0.2, -0.15) is 5.26 Å². The Morgan fingerprint density at radius 2 is 1.73 bits per heavy atom. The molecule has 0 aliphatic heterocycles. The standard InChI is InChI=1S/C20H16N2O4/c1-14(23)22-18-9-7-17(8-10-18)19(24)13-26-20(25)11-6-15-2-4-16(12-21)5-3-15/h2-11H,13H2,1H3,(H,22,23)/b11-6+. The number of nitrogens with one attached hydrogen (secondary N) is 1. The van der Waals surface area contributed by atoms with Gasteiger partial charge in [0.05, 0.1) is 11.6 Å². The Bertz CT molecular complexity index is 876. The molecule has 2 aromatic carbocycles. The highest BCUT2D eigenvalue weighted by molar-refractivity contribution is 5.99. The van der Waals surface area contributed by atoms with Crippen LogP contribution in [-0.2, 0) is 14.3 Å². The molecule has 0 aliphatic rings. The zero-order valence-electron chi connectivity index (χ0n) is 14.1. The molecule has 0 unspecified atom stereocenters. The van der Waals surface area contributed by atoms with Crippen LogP contribution in [-0.4, -0.2) is 24.3 Å². The number of nitriles is 1. The number of Topliss-reactive ketones (excluding diaryl/α,β-unsaturated/α-hetero) is 1. The highest BCUT2D eigenvalue weighted by Gasteiger charge is 2.08. The summed E-state index contributed by atoms with van der Waals surface area (Å²) in [5.74, 6) is -1.19. The van der Waals surface area contributed by atoms with Gasteiger partial charge in [-0.25, -0.2) is 4.79 Å². The zero-order chi connectivity index (χ0) is 18.9. The number of anilines is 1. The highest BCUT2D eigenvalue weighted by atomic mass is 16.5. The van der Waals surface area contributed by atoms with Crippen LogP contribution >= 0.6 is 0 Å². The van der Waals surface area contributed by atoms with Gasteiger partial charge in [0.25, 0.3) is 0 Å². The number of rotatable bonds is 6. The Balaban J connectivity index is 1.85. The number of nitrogens with zero attached hydrogens (tertiary/aromatic N) is 1. The quantitative estimate of drug-likeness (QED) is 0.492. The van der Waals surface area contributed by atoms with E-state index in [2.05, 4.69) is 5.32 Å². The van der Waals surface area contributed by atoms with Crippen LogP contribution in [0.25, 0.3) is 6.08 Å². The topological polar surface area (TPSA) is 96.3 Å². The molecule has 0 heterocycles. The van der Waals surface area contributed by atoms with Crippen LogP contribution in [0.5, 0.6) is 0 Å². The van der Waals surface area contributed by atoms with E-state index < -0.39 is 5.97 Å². The van der Waals surface area contributed by atoms with E-state index in [9.17, 15) is 14.4 Å². The van der Waals surface area contributed by atoms with Crippen LogP contribution in [0.15, 0.2) is 54.6 Å². The van der Waals surface area contributed by atoms with Crippen molar-refractivity contribution in [2.24, 2.45) is 0 Å². The lowest BCUT2D eigenvalue weighted by atomic mass is 10.1. The second kappa shape index (κ2) is 8.94. The number of ketones is 1. The van der Waals surface area contributed by atoms with E-state index >= 15 is 0 Å². The predicted molar refractivity (Wildman–Crippen MR) is 96.2 cm³/mol. The highest BCUT2D eigenvalue weighted by Crippen LogP contribution is 2.10. The van der Waals surface area contributed by atoms with Gasteiger partial charge in [0, 0.05) is 24.3 Å². The summed E-state index contributed by atoms with van der Waals surface area (Å²) in [6.07, 6.45) is 2.75. The molecular formula is C20H16N2O4. The summed E-state index contributed by atoms with van der Waals surface area (Å²) < 4.78 is 4.92. The number of esters is 1. The number of ether oxygens (including phenoxy) is 1. The second-order valence-electron chi connectivity index (χ2n) is 5.36. The van der Waals surface area contributed by atoms with Gasteiger partial charge in [-0.15, -0.1) is 0 Å². The van der Waals surface area contributed by atoms with E-state index in [-0.39, 0.29) is 18.3 Å². The maximum atomic E-state index is 12.0. The van der Waals surface area contributed by atoms with Gasteiger partial charge in [-0.3, -0.25) is 9.59 Å². The van der Waals surface area contributed by atoms with E-state index in [4.69, 9.17) is 10.00 Å². The number of carbonyl (C=O) groups excluding carboxylic acids is 3. The number of carbonyl (C=O) groups is 3. The van der Waals surface area contributed by atoms with Crippen molar-refractivity contribution < 1.29 is 19.1 Å². The molecule has 6 nitrogen and oxygen atoms in total. The first-order chi connectivity index (χ1) is 12.5. The number of benzene rings is 2. The third kappa shape index (κ3) is 5.73. The molecule has 2 rings (SSSR count). The van der Waals surface area contributed by atoms with Gasteiger partial charge in [-0.1, -0.05) is 12.1 Å². The summed E-state index contributed by atoms with van der Waals surface area (Å²) in [5, 5.41) is 11.3. The van der Waals surface area contributed by atoms with Gasteiger partial charge in [0.1, 0.15) is 0 Å². The van der Waals surface area contributed by atoms with Crippen molar-refractivity contribution >= 4 is 29.4 Å². The van der Waals surface area contributed by atoms with Crippen LogP contribution < -0.4 is 5.32 Å². The summed E-state index contributed by atoms with van der Waals surface area (Å²) in [7, 11) is 0. The van der Waals surface area contributed by atoms with Crippen molar-refractivity contribution in [3.05, 3.63) is 71.3 Å². The summed E-state index contributed by atoms with van der Waals surface area (Å²) in [6, 6.07) is 15.0. The molecule has 0 saturated heterocycles. The van der Waals surface area contributed by atoms with E-state index in [1.807, 2.05) is 6.07 Å². The number of hydrogen-bond donors (Lipinski definition) is 1. The van der Waals surface area contributed by atoms with E-state index in [0.717, 1.165) is 5.56 Å². The molecule has 2 aromatic rings. The van der Waals surface area contributed by atoms with E-state index in [1.54, 1.807) is 48.5 Å². The van der Waals surface area contributed by atoms with Crippen molar-refractivity contribution in [3.8, 4) is 6.07 Å². The SMILES string of the molecule is CC(=O)Nc1ccc(C(=O)COC(=O)/C=C/c2ccc(C#N)cc2)cc1. The molecule has 0 saturated carbocycles. The Morgan fingerprint density at radius 1 is 1.08 bits per heavy atom. The molecule has 0 aromatic heterocycles. The molecule has 6 heteroatoms. The lowest BCUT2D eigenvalue weighted by molar-refractivity contribution is -0.136. The number of hydrogen-bond acceptors (Lipinski definition) is 5. The normalized spacial score (nSPS) is 10.2. The molecule has 1 amide bonds. The minimum absolute atomic E-state index is 0.202. The van der Waals surface area contributed by atoms with Crippen molar-refractivity contribution in [2.75, 3.05) is 11.9 Å². The minimum atomic E-state index is -0.641. The third-order valence-electron chi connectivity index (χ3n) is 3.32. The van der Waals surface area contributed by atoms with Gasteiger partial charge in [-0.05, 0) is 48.0 Å². The molecule has 130 valence electrons. The second-order valence-corrected chi connectivity index (χ2v) is 5.36. The van der Waals surface area contributed by atoms with E-state index in [0.29, 0.717) is 16.8 Å². The fraction of sp³-hybridized carbons (Fsp3) is 0.100. The van der Waals surface area contributed by atoms with Crippen molar-refractivity contribution in [1.29, 1.82) is 5.26 Å². The zero-order valence-corrected chi connectivity index (χ0v) is 14.1. The lowest BCUT2D eigenvalue weighted by Crippen LogP contribution is -2.13. The maximum absolute atomic E-state index is 12.0. The Kier molecular flexibility index (Phi) is 6.40. The van der Waals surface area contributed by atoms with Crippen molar-refractivity contribution in [2.45, 2.75) is 6.92 Å². The first kappa shape index (κ1) is 18.6. The first-order valence-corrected chi connectivity index (χ1v) is 7.74. The summed E-state index contributed by atoms with van der Waals surface area (Å²) in [6.45, 7) is 1.01. The molecule has 0 bridgehead atoms. The molecule has 0 aliphatic carbocycles. The smallest absolute Gasteiger partial charge is 0.331 e. The van der Waals surface area contributed by atoms with E-state index in [1.165, 1.54) is 19.1 Å². The molecule has 0 radical (unpaired) electrons. The molecule has 0 fully saturated rings. The van der Waals surface area contributed by atoms with Gasteiger partial charge >= 0.3 is 5.97 Å². The van der Waals surface area contributed by atoms with Crippen molar-refractivity contribution in [1.82, 2.24) is 0 Å². The molecular weight excluding hydrogens is 332 g/mol. The lowest BCUT2D eigenvalue weighted by Gasteiger charge is -2.04. The van der Waals surface area contributed by atoms with Crippen LogP contribution in [0.3, 0.4) is 0 Å². The third-order valence-corrected chi connectivity index (χ3v) is 3.32. The first-order valence-electron chi connectivity index (χ1n) is 7.74.